The normalized spacial score (nSPS) is 31.3. The lowest BCUT2D eigenvalue weighted by molar-refractivity contribution is 0.135. The van der Waals surface area contributed by atoms with E-state index in [1.165, 1.54) is 12.8 Å². The Bertz CT molecular complexity index is 170. The van der Waals surface area contributed by atoms with E-state index in [1.807, 2.05) is 6.08 Å². The number of hydrogen-bond acceptors (Lipinski definition) is 2. The lowest BCUT2D eigenvalue weighted by Crippen LogP contribution is -2.43. The molecule has 0 aromatic rings. The second kappa shape index (κ2) is 5.63. The van der Waals surface area contributed by atoms with Gasteiger partial charge in [-0.3, -0.25) is 4.90 Å². The Morgan fingerprint density at radius 1 is 1.54 bits per heavy atom. The number of nitrogens with two attached hydrogens (primary N) is 1. The van der Waals surface area contributed by atoms with Crippen LogP contribution in [0.1, 0.15) is 19.8 Å². The molecule has 1 fully saturated rings. The number of piperidine rings is 1. The molecule has 13 heavy (non-hydrogen) atoms. The van der Waals surface area contributed by atoms with E-state index in [-0.39, 0.29) is 0 Å². The van der Waals surface area contributed by atoms with Crippen LogP contribution in [-0.4, -0.2) is 30.6 Å². The van der Waals surface area contributed by atoms with Crippen molar-refractivity contribution in [2.24, 2.45) is 11.7 Å². The number of rotatable bonds is 3. The van der Waals surface area contributed by atoms with E-state index in [1.54, 1.807) is 5.54 Å². The molecule has 1 saturated heterocycles. The summed E-state index contributed by atoms with van der Waals surface area (Å²) in [7, 11) is 0. The summed E-state index contributed by atoms with van der Waals surface area (Å²) in [6.45, 7) is 5.17. The fourth-order valence-electron chi connectivity index (χ4n) is 1.88. The monoisotopic (exact) mass is 202 g/mol. The van der Waals surface area contributed by atoms with Crippen molar-refractivity contribution in [1.82, 2.24) is 4.90 Å². The molecule has 0 saturated carbocycles. The topological polar surface area (TPSA) is 29.3 Å². The molecule has 0 radical (unpaired) electrons. The van der Waals surface area contributed by atoms with Crippen LogP contribution in [0.15, 0.2) is 11.6 Å². The Hall–Kier alpha value is -0.0500. The van der Waals surface area contributed by atoms with Gasteiger partial charge in [0, 0.05) is 24.7 Å². The van der Waals surface area contributed by atoms with E-state index in [0.717, 1.165) is 19.6 Å². The minimum absolute atomic E-state index is 0.677. The molecule has 2 unspecified atom stereocenters. The maximum Gasteiger partial charge on any atom is 0.0177 e. The van der Waals surface area contributed by atoms with Gasteiger partial charge in [-0.1, -0.05) is 17.7 Å². The minimum Gasteiger partial charge on any atom is -0.330 e. The van der Waals surface area contributed by atoms with Crippen LogP contribution in [0.3, 0.4) is 0 Å². The van der Waals surface area contributed by atoms with Crippen LogP contribution >= 0.6 is 11.6 Å². The van der Waals surface area contributed by atoms with E-state index in [4.69, 9.17) is 17.3 Å². The van der Waals surface area contributed by atoms with Gasteiger partial charge >= 0.3 is 0 Å². The second-order valence-corrected chi connectivity index (χ2v) is 4.10. The quantitative estimate of drug-likeness (QED) is 0.757. The zero-order valence-corrected chi connectivity index (χ0v) is 9.00. The molecule has 0 aromatic carbocycles. The van der Waals surface area contributed by atoms with E-state index >= 15 is 0 Å². The highest BCUT2D eigenvalue weighted by atomic mass is 35.5. The molecule has 2 nitrogen and oxygen atoms in total. The first-order chi connectivity index (χ1) is 6.27. The molecule has 2 atom stereocenters. The van der Waals surface area contributed by atoms with Gasteiger partial charge in [-0.2, -0.15) is 0 Å². The molecular formula is C10H19ClN2. The van der Waals surface area contributed by atoms with Crippen LogP contribution in [0, 0.1) is 5.92 Å². The molecule has 0 bridgehead atoms. The van der Waals surface area contributed by atoms with Gasteiger partial charge in [0.05, 0.1) is 0 Å². The maximum atomic E-state index is 5.67. The van der Waals surface area contributed by atoms with Crippen LogP contribution in [0.25, 0.3) is 0 Å². The molecule has 1 rings (SSSR count). The minimum atomic E-state index is 0.677. The number of likely N-dealkylation sites (tertiary alicyclic amines) is 1. The van der Waals surface area contributed by atoms with Crippen molar-refractivity contribution >= 4 is 11.6 Å². The average Bonchev–Trinajstić information content (AvgIpc) is 2.17. The fraction of sp³-hybridized carbons (Fsp3) is 0.800. The summed E-state index contributed by atoms with van der Waals surface area (Å²) in [6, 6.07) is 0.677. The van der Waals surface area contributed by atoms with Crippen molar-refractivity contribution in [2.75, 3.05) is 19.6 Å². The zero-order chi connectivity index (χ0) is 9.68. The molecule has 1 aliphatic rings. The van der Waals surface area contributed by atoms with Crippen LogP contribution in [-0.2, 0) is 0 Å². The van der Waals surface area contributed by atoms with Crippen molar-refractivity contribution in [3.8, 4) is 0 Å². The van der Waals surface area contributed by atoms with Gasteiger partial charge in [0.15, 0.2) is 0 Å². The Labute approximate surface area is 85.7 Å². The van der Waals surface area contributed by atoms with Crippen molar-refractivity contribution in [3.05, 3.63) is 11.6 Å². The molecule has 0 aliphatic carbocycles. The highest BCUT2D eigenvalue weighted by Gasteiger charge is 2.23. The van der Waals surface area contributed by atoms with Gasteiger partial charge in [-0.15, -0.1) is 0 Å². The SMILES string of the molecule is CC1CCC(CN)CN1CC=CCl. The molecule has 0 spiro atoms. The maximum absolute atomic E-state index is 5.67. The van der Waals surface area contributed by atoms with E-state index in [2.05, 4.69) is 11.8 Å². The summed E-state index contributed by atoms with van der Waals surface area (Å²) in [5.41, 5.74) is 7.26. The fourth-order valence-corrected chi connectivity index (χ4v) is 1.96. The van der Waals surface area contributed by atoms with Gasteiger partial charge in [0.2, 0.25) is 0 Å². The predicted octanol–water partition coefficient (Wildman–Crippen LogP) is 1.80. The van der Waals surface area contributed by atoms with Gasteiger partial charge in [0.1, 0.15) is 0 Å². The second-order valence-electron chi connectivity index (χ2n) is 3.84. The van der Waals surface area contributed by atoms with E-state index < -0.39 is 0 Å². The first-order valence-electron chi connectivity index (χ1n) is 4.97. The molecular weight excluding hydrogens is 184 g/mol. The van der Waals surface area contributed by atoms with Crippen molar-refractivity contribution in [2.45, 2.75) is 25.8 Å². The third-order valence-electron chi connectivity index (χ3n) is 2.87. The molecule has 76 valence electrons. The molecule has 3 heteroatoms. The van der Waals surface area contributed by atoms with Crippen molar-refractivity contribution < 1.29 is 0 Å². The van der Waals surface area contributed by atoms with Crippen molar-refractivity contribution in [1.29, 1.82) is 0 Å². The number of nitrogens with zero attached hydrogens (tertiary/aromatic N) is 1. The van der Waals surface area contributed by atoms with Gasteiger partial charge in [0.25, 0.3) is 0 Å². The lowest BCUT2D eigenvalue weighted by atomic mass is 9.93. The highest BCUT2D eigenvalue weighted by molar-refractivity contribution is 6.25. The largest absolute Gasteiger partial charge is 0.330 e. The standard InChI is InChI=1S/C10H19ClN2/c1-9-3-4-10(7-12)8-13(9)6-2-5-11/h2,5,9-10H,3-4,6-8,12H2,1H3. The summed E-state index contributed by atoms with van der Waals surface area (Å²) >= 11 is 5.51. The summed E-state index contributed by atoms with van der Waals surface area (Å²) in [5.74, 6) is 0.680. The van der Waals surface area contributed by atoms with Crippen LogP contribution in [0.4, 0.5) is 0 Å². The Morgan fingerprint density at radius 3 is 2.92 bits per heavy atom. The average molecular weight is 203 g/mol. The third-order valence-corrected chi connectivity index (χ3v) is 3.05. The zero-order valence-electron chi connectivity index (χ0n) is 8.25. The summed E-state index contributed by atoms with van der Waals surface area (Å²) in [4.78, 5) is 2.44. The molecule has 1 aliphatic heterocycles. The van der Waals surface area contributed by atoms with Gasteiger partial charge < -0.3 is 5.73 Å². The third kappa shape index (κ3) is 3.29. The Balaban J connectivity index is 2.40. The molecule has 0 aromatic heterocycles. The summed E-state index contributed by atoms with van der Waals surface area (Å²) in [6.07, 6.45) is 4.54. The summed E-state index contributed by atoms with van der Waals surface area (Å²) < 4.78 is 0. The van der Waals surface area contributed by atoms with Crippen LogP contribution < -0.4 is 5.73 Å². The molecule has 0 amide bonds. The van der Waals surface area contributed by atoms with E-state index in [9.17, 15) is 0 Å². The van der Waals surface area contributed by atoms with Gasteiger partial charge in [-0.25, -0.2) is 0 Å². The molecule has 1 heterocycles. The van der Waals surface area contributed by atoms with Gasteiger partial charge in [-0.05, 0) is 32.2 Å². The van der Waals surface area contributed by atoms with Crippen LogP contribution in [0.5, 0.6) is 0 Å². The van der Waals surface area contributed by atoms with E-state index in [0.29, 0.717) is 12.0 Å². The number of halogens is 1. The summed E-state index contributed by atoms with van der Waals surface area (Å²) in [5, 5.41) is 0. The smallest absolute Gasteiger partial charge is 0.0177 e. The first-order valence-corrected chi connectivity index (χ1v) is 5.41. The predicted molar refractivity (Wildman–Crippen MR) is 57.8 cm³/mol. The van der Waals surface area contributed by atoms with Crippen molar-refractivity contribution in [3.63, 3.8) is 0 Å². The number of hydrogen-bond donors (Lipinski definition) is 1. The Morgan fingerprint density at radius 2 is 2.31 bits per heavy atom. The lowest BCUT2D eigenvalue weighted by Gasteiger charge is -2.36. The Kier molecular flexibility index (Phi) is 4.78. The molecule has 2 N–H and O–H groups in total. The highest BCUT2D eigenvalue weighted by Crippen LogP contribution is 2.20. The van der Waals surface area contributed by atoms with Crippen LogP contribution in [0.2, 0.25) is 0 Å². The first kappa shape index (κ1) is 11.0.